The third-order valence-corrected chi connectivity index (χ3v) is 10.0. The van der Waals surface area contributed by atoms with Crippen molar-refractivity contribution in [3.63, 3.8) is 0 Å². The zero-order valence-corrected chi connectivity index (χ0v) is 33.4. The van der Waals surface area contributed by atoms with Gasteiger partial charge in [-0.25, -0.2) is 22.8 Å². The number of hydrogen-bond donors (Lipinski definition) is 10. The third kappa shape index (κ3) is 17.1. The smallest absolute Gasteiger partial charge is 0.319 e. The van der Waals surface area contributed by atoms with E-state index in [1.807, 2.05) is 20.1 Å². The molecule has 0 bridgehead atoms. The maximum Gasteiger partial charge on any atom is 0.319 e. The molecule has 18 nitrogen and oxygen atoms in total. The van der Waals surface area contributed by atoms with Gasteiger partial charge in [-0.05, 0) is 86.2 Å². The Morgan fingerprint density at radius 1 is 0.684 bits per heavy atom. The summed E-state index contributed by atoms with van der Waals surface area (Å²) in [5.41, 5.74) is 1.40. The molecule has 0 fully saturated rings. The average Bonchev–Trinajstić information content (AvgIpc) is 3.16. The van der Waals surface area contributed by atoms with Gasteiger partial charge in [-0.3, -0.25) is 19.1 Å². The van der Waals surface area contributed by atoms with Crippen LogP contribution < -0.4 is 47.3 Å². The lowest BCUT2D eigenvalue weighted by molar-refractivity contribution is -0.137. The standard InChI is InChI=1S/C37H49N9O9S2/c1-4-18-39-35(51)44-28-9-6-11-30(22-28)57(54,55)46-29-10-5-8-25(21-29)31(23-34(49)50)45-37(53)43-27-16-14-26(15-17-27)42-36(52)40-20-19-38-32(47)12-7-13-33(48)41-24(2)56-3/h5-6,8-11,14-17,21-22,24,31,46H,4,7,12-13,18-20,23H2,1-3H3,(H,38,47)(H,41,48)(H,49,50)(H2,39,44,51)(H2,40,42,52)(H2,43,45,53)/t24?,31-/m1/s1. The second-order valence-electron chi connectivity index (χ2n) is 12.5. The van der Waals surface area contributed by atoms with Gasteiger partial charge in [0.2, 0.25) is 11.8 Å². The second-order valence-corrected chi connectivity index (χ2v) is 15.4. The predicted octanol–water partition coefficient (Wildman–Crippen LogP) is 4.59. The molecule has 2 atom stereocenters. The van der Waals surface area contributed by atoms with E-state index in [1.165, 1.54) is 72.4 Å². The number of rotatable bonds is 21. The van der Waals surface area contributed by atoms with E-state index in [0.29, 0.717) is 29.9 Å². The predicted molar refractivity (Wildman–Crippen MR) is 220 cm³/mol. The summed E-state index contributed by atoms with van der Waals surface area (Å²) in [5.74, 6) is -1.56. The normalized spacial score (nSPS) is 11.8. The zero-order chi connectivity index (χ0) is 41.8. The average molecular weight is 828 g/mol. The highest BCUT2D eigenvalue weighted by atomic mass is 32.2. The van der Waals surface area contributed by atoms with Crippen LogP contribution in [0.2, 0.25) is 0 Å². The number of carboxylic acid groups (broad SMARTS) is 1. The monoisotopic (exact) mass is 827 g/mol. The Bertz CT molecular complexity index is 1970. The molecule has 0 saturated carbocycles. The largest absolute Gasteiger partial charge is 0.481 e. The van der Waals surface area contributed by atoms with E-state index >= 15 is 0 Å². The number of carboxylic acids is 1. The summed E-state index contributed by atoms with van der Waals surface area (Å²) in [6.07, 6.45) is 2.93. The van der Waals surface area contributed by atoms with E-state index in [4.69, 9.17) is 0 Å². The van der Waals surface area contributed by atoms with Gasteiger partial charge in [0.05, 0.1) is 22.7 Å². The van der Waals surface area contributed by atoms with Gasteiger partial charge in [-0.2, -0.15) is 0 Å². The fourth-order valence-electron chi connectivity index (χ4n) is 4.99. The number of urea groups is 3. The molecule has 3 aromatic carbocycles. The van der Waals surface area contributed by atoms with Crippen molar-refractivity contribution in [2.24, 2.45) is 0 Å². The first-order valence-corrected chi connectivity index (χ1v) is 20.7. The molecule has 57 heavy (non-hydrogen) atoms. The quantitative estimate of drug-likeness (QED) is 0.0527. The van der Waals surface area contributed by atoms with Crippen LogP contribution in [0.3, 0.4) is 0 Å². The van der Waals surface area contributed by atoms with Crippen molar-refractivity contribution in [2.75, 3.05) is 46.6 Å². The molecule has 3 aromatic rings. The topological polar surface area (TPSA) is 265 Å². The first-order valence-electron chi connectivity index (χ1n) is 18.0. The molecule has 0 aromatic heterocycles. The van der Waals surface area contributed by atoms with E-state index in [9.17, 15) is 42.3 Å². The molecule has 8 amide bonds. The van der Waals surface area contributed by atoms with Crippen LogP contribution in [0.4, 0.5) is 37.1 Å². The molecule has 10 N–H and O–H groups in total. The van der Waals surface area contributed by atoms with Crippen LogP contribution >= 0.6 is 11.8 Å². The number of thioether (sulfide) groups is 1. The molecule has 0 saturated heterocycles. The zero-order valence-electron chi connectivity index (χ0n) is 31.8. The Hall–Kier alpha value is -6.02. The van der Waals surface area contributed by atoms with Crippen molar-refractivity contribution in [1.82, 2.24) is 26.6 Å². The van der Waals surface area contributed by atoms with Crippen LogP contribution in [0.15, 0.2) is 77.7 Å². The van der Waals surface area contributed by atoms with Crippen molar-refractivity contribution >= 4 is 80.4 Å². The van der Waals surface area contributed by atoms with Crippen molar-refractivity contribution < 1.29 is 42.3 Å². The number of hydrogen-bond acceptors (Lipinski definition) is 9. The summed E-state index contributed by atoms with van der Waals surface area (Å²) in [4.78, 5) is 72.7. The number of aliphatic carboxylic acids is 1. The minimum Gasteiger partial charge on any atom is -0.481 e. The number of carbonyl (C=O) groups excluding carboxylic acids is 5. The molecular weight excluding hydrogens is 779 g/mol. The first kappa shape index (κ1) is 45.4. The summed E-state index contributed by atoms with van der Waals surface area (Å²) in [7, 11) is -4.14. The molecule has 20 heteroatoms. The van der Waals surface area contributed by atoms with E-state index < -0.39 is 46.5 Å². The maximum atomic E-state index is 13.2. The maximum absolute atomic E-state index is 13.2. The van der Waals surface area contributed by atoms with E-state index in [1.54, 1.807) is 12.1 Å². The van der Waals surface area contributed by atoms with Crippen molar-refractivity contribution in [2.45, 2.75) is 62.3 Å². The molecular formula is C37H49N9O9S2. The van der Waals surface area contributed by atoms with Crippen LogP contribution in [0.1, 0.15) is 57.6 Å². The number of carbonyl (C=O) groups is 6. The lowest BCUT2D eigenvalue weighted by Crippen LogP contribution is -2.36. The Balaban J connectivity index is 1.49. The van der Waals surface area contributed by atoms with Crippen molar-refractivity contribution in [3.05, 3.63) is 78.4 Å². The van der Waals surface area contributed by atoms with Crippen LogP contribution in [0.5, 0.6) is 0 Å². The minimum atomic E-state index is -4.14. The molecule has 0 spiro atoms. The highest BCUT2D eigenvalue weighted by Crippen LogP contribution is 2.24. The lowest BCUT2D eigenvalue weighted by Gasteiger charge is -2.19. The van der Waals surface area contributed by atoms with Gasteiger partial charge in [-0.15, -0.1) is 11.8 Å². The summed E-state index contributed by atoms with van der Waals surface area (Å²) in [5, 5.41) is 30.7. The molecule has 0 aliphatic carbocycles. The number of benzene rings is 3. The highest BCUT2D eigenvalue weighted by molar-refractivity contribution is 7.99. The van der Waals surface area contributed by atoms with Gasteiger partial charge in [0.1, 0.15) is 0 Å². The van der Waals surface area contributed by atoms with Crippen molar-refractivity contribution in [3.8, 4) is 0 Å². The Kier molecular flexibility index (Phi) is 18.4. The van der Waals surface area contributed by atoms with Crippen molar-refractivity contribution in [1.29, 1.82) is 0 Å². The van der Waals surface area contributed by atoms with Gasteiger partial charge in [0.15, 0.2) is 0 Å². The second kappa shape index (κ2) is 23.1. The minimum absolute atomic E-state index is 0.00276. The van der Waals surface area contributed by atoms with Crippen LogP contribution in [-0.2, 0) is 24.4 Å². The lowest BCUT2D eigenvalue weighted by atomic mass is 10.0. The fraction of sp³-hybridized carbons (Fsp3) is 0.351. The molecule has 3 rings (SSSR count). The van der Waals surface area contributed by atoms with Gasteiger partial charge >= 0.3 is 24.1 Å². The summed E-state index contributed by atoms with van der Waals surface area (Å²) < 4.78 is 28.9. The molecule has 0 radical (unpaired) electrons. The van der Waals surface area contributed by atoms with Gasteiger partial charge in [0, 0.05) is 55.2 Å². The SMILES string of the molecule is CCCNC(=O)Nc1cccc(S(=O)(=O)Nc2cccc([C@@H](CC(=O)O)NC(=O)Nc3ccc(NC(=O)NCCNC(=O)CCCC(=O)NC(C)SC)cc3)c2)c1. The molecule has 0 aliphatic rings. The van der Waals surface area contributed by atoms with Crippen LogP contribution in [-0.4, -0.2) is 80.7 Å². The molecule has 1 unspecified atom stereocenters. The molecule has 0 aliphatic heterocycles. The van der Waals surface area contributed by atoms with Crippen LogP contribution in [0.25, 0.3) is 0 Å². The number of amides is 8. The number of nitrogens with one attached hydrogen (secondary N) is 9. The molecule has 0 heterocycles. The van der Waals surface area contributed by atoms with Gasteiger partial charge in [0.25, 0.3) is 10.0 Å². The Labute approximate surface area is 335 Å². The third-order valence-electron chi connectivity index (χ3n) is 7.82. The van der Waals surface area contributed by atoms with Gasteiger partial charge in [-0.1, -0.05) is 25.1 Å². The van der Waals surface area contributed by atoms with Gasteiger partial charge < -0.3 is 47.6 Å². The van der Waals surface area contributed by atoms with E-state index in [2.05, 4.69) is 47.3 Å². The van der Waals surface area contributed by atoms with Crippen LogP contribution in [0, 0.1) is 0 Å². The highest BCUT2D eigenvalue weighted by Gasteiger charge is 2.21. The summed E-state index contributed by atoms with van der Waals surface area (Å²) >= 11 is 1.51. The number of anilines is 4. The fourth-order valence-corrected chi connectivity index (χ4v) is 6.33. The summed E-state index contributed by atoms with van der Waals surface area (Å²) in [6.45, 7) is 4.56. The Morgan fingerprint density at radius 3 is 1.91 bits per heavy atom. The number of sulfonamides is 1. The first-order chi connectivity index (χ1) is 27.2. The molecule has 308 valence electrons. The summed E-state index contributed by atoms with van der Waals surface area (Å²) in [6, 6.07) is 14.9. The van der Waals surface area contributed by atoms with E-state index in [-0.39, 0.29) is 59.4 Å². The Morgan fingerprint density at radius 2 is 1.26 bits per heavy atom. The van der Waals surface area contributed by atoms with E-state index in [0.717, 1.165) is 6.42 Å².